The molecule has 0 aromatic carbocycles. The summed E-state index contributed by atoms with van der Waals surface area (Å²) < 4.78 is 5.36. The van der Waals surface area contributed by atoms with Gasteiger partial charge in [0.1, 0.15) is 5.76 Å². The number of nitrogens with zero attached hydrogens (tertiary/aromatic N) is 1. The van der Waals surface area contributed by atoms with Gasteiger partial charge in [0.25, 0.3) is 0 Å². The van der Waals surface area contributed by atoms with Crippen LogP contribution in [0.2, 0.25) is 0 Å². The lowest BCUT2D eigenvalue weighted by molar-refractivity contribution is 0.0958. The van der Waals surface area contributed by atoms with Crippen molar-refractivity contribution in [2.24, 2.45) is 5.92 Å². The predicted octanol–water partition coefficient (Wildman–Crippen LogP) is 2.04. The minimum absolute atomic E-state index is 0.875. The molecule has 1 aromatic heterocycles. The molecule has 1 aromatic rings. The van der Waals surface area contributed by atoms with Crippen molar-refractivity contribution in [3.63, 3.8) is 0 Å². The molecule has 0 atom stereocenters. The molecule has 0 amide bonds. The first-order valence-electron chi connectivity index (χ1n) is 4.51. The number of rotatable bonds is 2. The summed E-state index contributed by atoms with van der Waals surface area (Å²) >= 11 is 0. The van der Waals surface area contributed by atoms with Gasteiger partial charge in [-0.2, -0.15) is 0 Å². The molecule has 2 heteroatoms. The number of hydrogen-bond donors (Lipinski definition) is 0. The van der Waals surface area contributed by atoms with Crippen LogP contribution < -0.4 is 0 Å². The summed E-state index contributed by atoms with van der Waals surface area (Å²) in [6, 6.07) is 2.03. The van der Waals surface area contributed by atoms with Crippen molar-refractivity contribution < 1.29 is 4.42 Å². The first-order chi connectivity index (χ1) is 5.75. The zero-order valence-corrected chi connectivity index (χ0v) is 7.71. The van der Waals surface area contributed by atoms with Crippen molar-refractivity contribution in [3.8, 4) is 0 Å². The summed E-state index contributed by atoms with van der Waals surface area (Å²) in [5.74, 6) is 2.00. The normalized spacial score (nSPS) is 19.5. The van der Waals surface area contributed by atoms with E-state index in [1.165, 1.54) is 18.7 Å². The molecule has 1 aliphatic rings. The van der Waals surface area contributed by atoms with Gasteiger partial charge in [-0.3, -0.25) is 4.90 Å². The fraction of sp³-hybridized carbons (Fsp3) is 0.600. The van der Waals surface area contributed by atoms with Gasteiger partial charge in [-0.05, 0) is 24.5 Å². The molecule has 0 saturated carbocycles. The van der Waals surface area contributed by atoms with E-state index in [1.807, 2.05) is 6.07 Å². The quantitative estimate of drug-likeness (QED) is 0.666. The molecule has 2 nitrogen and oxygen atoms in total. The number of likely N-dealkylation sites (tertiary alicyclic amines) is 1. The number of hydrogen-bond acceptors (Lipinski definition) is 2. The molecule has 1 fully saturated rings. The largest absolute Gasteiger partial charge is 0.468 e. The Labute approximate surface area is 73.2 Å². The Kier molecular flexibility index (Phi) is 1.93. The van der Waals surface area contributed by atoms with Gasteiger partial charge >= 0.3 is 0 Å². The Hall–Kier alpha value is -0.760. The fourth-order valence-electron chi connectivity index (χ4n) is 1.73. The minimum Gasteiger partial charge on any atom is -0.468 e. The lowest BCUT2D eigenvalue weighted by atomic mass is 10.0. The zero-order valence-electron chi connectivity index (χ0n) is 7.71. The molecule has 0 N–H and O–H groups in total. The third-order valence-electron chi connectivity index (χ3n) is 2.48. The van der Waals surface area contributed by atoms with Crippen molar-refractivity contribution in [3.05, 3.63) is 23.7 Å². The summed E-state index contributed by atoms with van der Waals surface area (Å²) in [5.41, 5.74) is 1.27. The highest BCUT2D eigenvalue weighted by molar-refractivity contribution is 5.14. The van der Waals surface area contributed by atoms with E-state index in [0.29, 0.717) is 0 Å². The average molecular weight is 165 g/mol. The highest BCUT2D eigenvalue weighted by Crippen LogP contribution is 2.19. The van der Waals surface area contributed by atoms with Crippen LogP contribution in [-0.4, -0.2) is 18.0 Å². The highest BCUT2D eigenvalue weighted by atomic mass is 16.3. The van der Waals surface area contributed by atoms with Crippen molar-refractivity contribution in [2.75, 3.05) is 13.1 Å². The SMILES string of the molecule is Cc1ccoc1CN1CC(C)C1. The van der Waals surface area contributed by atoms with E-state index >= 15 is 0 Å². The Bertz CT molecular complexity index is 261. The molecule has 66 valence electrons. The Morgan fingerprint density at radius 1 is 1.58 bits per heavy atom. The van der Waals surface area contributed by atoms with Crippen LogP contribution in [0, 0.1) is 12.8 Å². The zero-order chi connectivity index (χ0) is 8.55. The van der Waals surface area contributed by atoms with E-state index in [4.69, 9.17) is 4.42 Å². The van der Waals surface area contributed by atoms with Gasteiger partial charge in [0, 0.05) is 13.1 Å². The number of furan rings is 1. The van der Waals surface area contributed by atoms with Crippen LogP contribution in [0.1, 0.15) is 18.2 Å². The van der Waals surface area contributed by atoms with Gasteiger partial charge < -0.3 is 4.42 Å². The van der Waals surface area contributed by atoms with E-state index in [-0.39, 0.29) is 0 Å². The maximum Gasteiger partial charge on any atom is 0.120 e. The summed E-state index contributed by atoms with van der Waals surface area (Å²) in [4.78, 5) is 2.41. The minimum atomic E-state index is 0.875. The van der Waals surface area contributed by atoms with E-state index in [1.54, 1.807) is 6.26 Å². The van der Waals surface area contributed by atoms with E-state index in [9.17, 15) is 0 Å². The Morgan fingerprint density at radius 3 is 2.83 bits per heavy atom. The fourth-order valence-corrected chi connectivity index (χ4v) is 1.73. The molecular weight excluding hydrogens is 150 g/mol. The van der Waals surface area contributed by atoms with Gasteiger partial charge in [-0.25, -0.2) is 0 Å². The molecule has 1 aliphatic heterocycles. The molecule has 0 bridgehead atoms. The van der Waals surface area contributed by atoms with Crippen LogP contribution in [0.3, 0.4) is 0 Å². The first kappa shape index (κ1) is 7.87. The van der Waals surface area contributed by atoms with Crippen LogP contribution in [-0.2, 0) is 6.54 Å². The third-order valence-corrected chi connectivity index (χ3v) is 2.48. The molecule has 1 saturated heterocycles. The molecule has 2 heterocycles. The van der Waals surface area contributed by atoms with Crippen molar-refractivity contribution >= 4 is 0 Å². The lowest BCUT2D eigenvalue weighted by Crippen LogP contribution is -2.44. The first-order valence-corrected chi connectivity index (χ1v) is 4.51. The van der Waals surface area contributed by atoms with Gasteiger partial charge in [0.2, 0.25) is 0 Å². The third kappa shape index (κ3) is 1.39. The molecule has 0 unspecified atom stereocenters. The Morgan fingerprint density at radius 2 is 2.33 bits per heavy atom. The second-order valence-corrected chi connectivity index (χ2v) is 3.83. The molecule has 0 radical (unpaired) electrons. The lowest BCUT2D eigenvalue weighted by Gasteiger charge is -2.36. The topological polar surface area (TPSA) is 16.4 Å². The van der Waals surface area contributed by atoms with E-state index in [2.05, 4.69) is 18.7 Å². The smallest absolute Gasteiger partial charge is 0.120 e. The van der Waals surface area contributed by atoms with Crippen molar-refractivity contribution in [2.45, 2.75) is 20.4 Å². The highest BCUT2D eigenvalue weighted by Gasteiger charge is 2.23. The van der Waals surface area contributed by atoms with Crippen LogP contribution in [0.4, 0.5) is 0 Å². The van der Waals surface area contributed by atoms with Crippen molar-refractivity contribution in [1.29, 1.82) is 0 Å². The number of aryl methyl sites for hydroxylation is 1. The summed E-state index contributed by atoms with van der Waals surface area (Å²) in [6.45, 7) is 7.82. The standard InChI is InChI=1S/C10H15NO/c1-8-5-11(6-8)7-10-9(2)3-4-12-10/h3-4,8H,5-7H2,1-2H3. The summed E-state index contributed by atoms with van der Waals surface area (Å²) in [6.07, 6.45) is 1.77. The molecule has 12 heavy (non-hydrogen) atoms. The van der Waals surface area contributed by atoms with Crippen LogP contribution >= 0.6 is 0 Å². The van der Waals surface area contributed by atoms with E-state index < -0.39 is 0 Å². The van der Waals surface area contributed by atoms with Crippen molar-refractivity contribution in [1.82, 2.24) is 4.90 Å². The summed E-state index contributed by atoms with van der Waals surface area (Å²) in [7, 11) is 0. The second kappa shape index (κ2) is 2.94. The maximum absolute atomic E-state index is 5.36. The molecule has 0 aliphatic carbocycles. The molecular formula is C10H15NO. The van der Waals surface area contributed by atoms with E-state index in [0.717, 1.165) is 18.2 Å². The predicted molar refractivity (Wildman–Crippen MR) is 47.9 cm³/mol. The van der Waals surface area contributed by atoms with Gasteiger partial charge in [0.05, 0.1) is 12.8 Å². The second-order valence-electron chi connectivity index (χ2n) is 3.83. The summed E-state index contributed by atoms with van der Waals surface area (Å²) in [5, 5.41) is 0. The Balaban J connectivity index is 1.92. The van der Waals surface area contributed by atoms with Gasteiger partial charge in [-0.15, -0.1) is 0 Å². The van der Waals surface area contributed by atoms with Gasteiger partial charge in [0.15, 0.2) is 0 Å². The van der Waals surface area contributed by atoms with Crippen LogP contribution in [0.5, 0.6) is 0 Å². The molecule has 2 rings (SSSR count). The van der Waals surface area contributed by atoms with Crippen LogP contribution in [0.15, 0.2) is 16.7 Å². The molecule has 0 spiro atoms. The average Bonchev–Trinajstić information content (AvgIpc) is 2.33. The van der Waals surface area contributed by atoms with Crippen LogP contribution in [0.25, 0.3) is 0 Å². The monoisotopic (exact) mass is 165 g/mol. The van der Waals surface area contributed by atoms with Gasteiger partial charge in [-0.1, -0.05) is 6.92 Å². The maximum atomic E-state index is 5.36.